The van der Waals surface area contributed by atoms with Gasteiger partial charge in [0, 0.05) is 18.2 Å². The van der Waals surface area contributed by atoms with Gasteiger partial charge < -0.3 is 24.3 Å². The van der Waals surface area contributed by atoms with Gasteiger partial charge in [-0.2, -0.15) is 0 Å². The highest BCUT2D eigenvalue weighted by atomic mass is 16.5. The highest BCUT2D eigenvalue weighted by Crippen LogP contribution is 2.43. The van der Waals surface area contributed by atoms with E-state index in [1.165, 1.54) is 6.39 Å². The van der Waals surface area contributed by atoms with E-state index in [9.17, 15) is 9.90 Å². The average Bonchev–Trinajstić information content (AvgIpc) is 3.36. The van der Waals surface area contributed by atoms with E-state index in [1.54, 1.807) is 32.5 Å². The summed E-state index contributed by atoms with van der Waals surface area (Å²) < 4.78 is 16.0. The first kappa shape index (κ1) is 19.0. The lowest BCUT2D eigenvalue weighted by Crippen LogP contribution is -2.15. The van der Waals surface area contributed by atoms with Gasteiger partial charge in [0.25, 0.3) is 0 Å². The van der Waals surface area contributed by atoms with Gasteiger partial charge in [-0.25, -0.2) is 4.98 Å². The van der Waals surface area contributed by atoms with Gasteiger partial charge in [0.15, 0.2) is 12.2 Å². The van der Waals surface area contributed by atoms with E-state index in [0.29, 0.717) is 23.6 Å². The number of hydrogen-bond donors (Lipinski definition) is 2. The molecule has 1 aliphatic carbocycles. The molecule has 4 rings (SSSR count). The van der Waals surface area contributed by atoms with Crippen LogP contribution in [0.3, 0.4) is 0 Å². The predicted octanol–water partition coefficient (Wildman–Crippen LogP) is 3.91. The van der Waals surface area contributed by atoms with Crippen molar-refractivity contribution in [3.8, 4) is 22.8 Å². The molecule has 0 aliphatic heterocycles. The van der Waals surface area contributed by atoms with Crippen molar-refractivity contribution in [3.63, 3.8) is 0 Å². The summed E-state index contributed by atoms with van der Waals surface area (Å²) in [6.45, 7) is 0. The molecule has 0 bridgehead atoms. The van der Waals surface area contributed by atoms with E-state index in [0.717, 1.165) is 22.4 Å². The number of aliphatic hydroxyl groups is 1. The Balaban J connectivity index is 1.48. The van der Waals surface area contributed by atoms with E-state index in [-0.39, 0.29) is 18.2 Å². The van der Waals surface area contributed by atoms with Crippen LogP contribution in [-0.4, -0.2) is 30.2 Å². The molecule has 2 N–H and O–H groups in total. The Morgan fingerprint density at radius 2 is 2.07 bits per heavy atom. The standard InChI is InChI=1S/C22H22N2O5/c1-27-15-4-6-16-18(10-15)13(7-19(16)25)8-22(26)24-14-3-5-17(20(9-14)28-2)21-11-23-12-29-21/h3-6,9-13,19,25H,7-8H2,1-2H3,(H,24,26). The zero-order valence-electron chi connectivity index (χ0n) is 16.2. The molecule has 2 atom stereocenters. The summed E-state index contributed by atoms with van der Waals surface area (Å²) in [5, 5.41) is 13.2. The summed E-state index contributed by atoms with van der Waals surface area (Å²) >= 11 is 0. The number of methoxy groups -OCH3 is 2. The number of fused-ring (bicyclic) bond motifs is 1. The fraction of sp³-hybridized carbons (Fsp3) is 0.273. The highest BCUT2D eigenvalue weighted by molar-refractivity contribution is 5.92. The third kappa shape index (κ3) is 3.82. The summed E-state index contributed by atoms with van der Waals surface area (Å²) in [6.07, 6.45) is 3.18. The van der Waals surface area contributed by atoms with E-state index in [2.05, 4.69) is 10.3 Å². The number of aromatic nitrogens is 1. The van der Waals surface area contributed by atoms with Crippen molar-refractivity contribution < 1.29 is 23.8 Å². The van der Waals surface area contributed by atoms with Gasteiger partial charge in [0.05, 0.1) is 32.1 Å². The van der Waals surface area contributed by atoms with Crippen LogP contribution in [0.1, 0.15) is 36.0 Å². The zero-order valence-corrected chi connectivity index (χ0v) is 16.2. The monoisotopic (exact) mass is 394 g/mol. The van der Waals surface area contributed by atoms with Gasteiger partial charge in [-0.1, -0.05) is 6.07 Å². The quantitative estimate of drug-likeness (QED) is 0.658. The molecule has 29 heavy (non-hydrogen) atoms. The number of ether oxygens (including phenoxy) is 2. The lowest BCUT2D eigenvalue weighted by Gasteiger charge is -2.14. The molecule has 3 aromatic rings. The predicted molar refractivity (Wildman–Crippen MR) is 107 cm³/mol. The number of nitrogens with zero attached hydrogens (tertiary/aromatic N) is 1. The Kier molecular flexibility index (Phi) is 5.22. The normalized spacial score (nSPS) is 17.6. The summed E-state index contributed by atoms with van der Waals surface area (Å²) in [4.78, 5) is 16.6. The Hall–Kier alpha value is -3.32. The van der Waals surface area contributed by atoms with E-state index in [4.69, 9.17) is 13.9 Å². The van der Waals surface area contributed by atoms with Crippen molar-refractivity contribution in [2.24, 2.45) is 0 Å². The topological polar surface area (TPSA) is 93.8 Å². The molecule has 1 heterocycles. The molecule has 0 saturated heterocycles. The fourth-order valence-electron chi connectivity index (χ4n) is 3.81. The molecule has 2 unspecified atom stereocenters. The number of amides is 1. The number of benzene rings is 2. The van der Waals surface area contributed by atoms with E-state index >= 15 is 0 Å². The molecular weight excluding hydrogens is 372 g/mol. The molecule has 1 amide bonds. The SMILES string of the molecule is COc1ccc2c(c1)C(CC(=O)Nc1ccc(-c3cnco3)c(OC)c1)CC2O. The molecule has 1 aromatic heterocycles. The smallest absolute Gasteiger partial charge is 0.224 e. The summed E-state index contributed by atoms with van der Waals surface area (Å²) in [7, 11) is 3.16. The van der Waals surface area contributed by atoms with Gasteiger partial charge >= 0.3 is 0 Å². The van der Waals surface area contributed by atoms with Crippen LogP contribution in [-0.2, 0) is 4.79 Å². The maximum Gasteiger partial charge on any atom is 0.224 e. The molecule has 7 nitrogen and oxygen atoms in total. The number of carbonyl (C=O) groups excluding carboxylic acids is 1. The van der Waals surface area contributed by atoms with Crippen LogP contribution in [0.5, 0.6) is 11.5 Å². The van der Waals surface area contributed by atoms with E-state index < -0.39 is 6.10 Å². The number of anilines is 1. The van der Waals surface area contributed by atoms with Crippen molar-refractivity contribution in [3.05, 3.63) is 60.1 Å². The highest BCUT2D eigenvalue weighted by Gasteiger charge is 2.31. The Labute approximate surface area is 168 Å². The number of aliphatic hydroxyl groups excluding tert-OH is 1. The second kappa shape index (κ2) is 7.97. The van der Waals surface area contributed by atoms with Crippen molar-refractivity contribution >= 4 is 11.6 Å². The first-order chi connectivity index (χ1) is 14.1. The maximum absolute atomic E-state index is 12.7. The molecule has 0 spiro atoms. The zero-order chi connectivity index (χ0) is 20.4. The molecule has 0 saturated carbocycles. The minimum Gasteiger partial charge on any atom is -0.497 e. The first-order valence-corrected chi connectivity index (χ1v) is 9.31. The third-order valence-corrected chi connectivity index (χ3v) is 5.22. The Morgan fingerprint density at radius 3 is 2.79 bits per heavy atom. The summed E-state index contributed by atoms with van der Waals surface area (Å²) in [5.74, 6) is 1.69. The maximum atomic E-state index is 12.7. The van der Waals surface area contributed by atoms with Crippen LogP contribution in [0, 0.1) is 0 Å². The number of rotatable bonds is 6. The Bertz CT molecular complexity index is 1020. The molecule has 150 valence electrons. The van der Waals surface area contributed by atoms with Gasteiger partial charge in [0.2, 0.25) is 5.91 Å². The minimum absolute atomic E-state index is 0.0644. The molecule has 7 heteroatoms. The molecule has 2 aromatic carbocycles. The third-order valence-electron chi connectivity index (χ3n) is 5.22. The lowest BCUT2D eigenvalue weighted by molar-refractivity contribution is -0.116. The van der Waals surface area contributed by atoms with Gasteiger partial charge in [-0.05, 0) is 47.7 Å². The molecule has 0 radical (unpaired) electrons. The largest absolute Gasteiger partial charge is 0.497 e. The van der Waals surface area contributed by atoms with Crippen LogP contribution in [0.2, 0.25) is 0 Å². The van der Waals surface area contributed by atoms with Crippen molar-refractivity contribution in [2.75, 3.05) is 19.5 Å². The van der Waals surface area contributed by atoms with E-state index in [1.807, 2.05) is 24.3 Å². The number of carbonyl (C=O) groups is 1. The summed E-state index contributed by atoms with van der Waals surface area (Å²) in [5.41, 5.74) is 3.20. The number of oxazole rings is 1. The van der Waals surface area contributed by atoms with Crippen molar-refractivity contribution in [2.45, 2.75) is 24.9 Å². The van der Waals surface area contributed by atoms with Crippen LogP contribution in [0.15, 0.2) is 53.4 Å². The van der Waals surface area contributed by atoms with Gasteiger partial charge in [-0.15, -0.1) is 0 Å². The molecule has 0 fully saturated rings. The molecular formula is C22H22N2O5. The summed E-state index contributed by atoms with van der Waals surface area (Å²) in [6, 6.07) is 10.9. The Morgan fingerprint density at radius 1 is 1.21 bits per heavy atom. The van der Waals surface area contributed by atoms with Gasteiger partial charge in [-0.3, -0.25) is 4.79 Å². The number of hydrogen-bond acceptors (Lipinski definition) is 6. The lowest BCUT2D eigenvalue weighted by atomic mass is 9.97. The van der Waals surface area contributed by atoms with Crippen LogP contribution in [0.25, 0.3) is 11.3 Å². The minimum atomic E-state index is -0.560. The second-order valence-electron chi connectivity index (χ2n) is 6.98. The second-order valence-corrected chi connectivity index (χ2v) is 6.98. The first-order valence-electron chi connectivity index (χ1n) is 9.31. The van der Waals surface area contributed by atoms with Crippen LogP contribution < -0.4 is 14.8 Å². The fourth-order valence-corrected chi connectivity index (χ4v) is 3.81. The van der Waals surface area contributed by atoms with Crippen LogP contribution >= 0.6 is 0 Å². The molecule has 1 aliphatic rings. The van der Waals surface area contributed by atoms with Gasteiger partial charge in [0.1, 0.15) is 11.5 Å². The van der Waals surface area contributed by atoms with Crippen LogP contribution in [0.4, 0.5) is 5.69 Å². The van der Waals surface area contributed by atoms with Crippen molar-refractivity contribution in [1.29, 1.82) is 0 Å². The number of nitrogens with one attached hydrogen (secondary N) is 1. The average molecular weight is 394 g/mol. The van der Waals surface area contributed by atoms with Crippen molar-refractivity contribution in [1.82, 2.24) is 4.98 Å².